The lowest BCUT2D eigenvalue weighted by Crippen LogP contribution is -2.29. The van der Waals surface area contributed by atoms with Crippen LogP contribution in [-0.4, -0.2) is 23.1 Å². The van der Waals surface area contributed by atoms with Crippen LogP contribution in [0.15, 0.2) is 18.2 Å². The second-order valence-electron chi connectivity index (χ2n) is 3.61. The zero-order valence-electron chi connectivity index (χ0n) is 9.40. The molecule has 0 spiro atoms. The van der Waals surface area contributed by atoms with Gasteiger partial charge in [-0.3, -0.25) is 0 Å². The molecule has 2 N–H and O–H groups in total. The van der Waals surface area contributed by atoms with E-state index in [9.17, 15) is 0 Å². The standard InChI is InChI=1S/C11H17N3S/c1-4-8(2)14(3)10-7-5-6-9(13-10)11(12)15/h5-8H,4H2,1-3H3,(H2,12,15). The van der Waals surface area contributed by atoms with Gasteiger partial charge in [-0.15, -0.1) is 0 Å². The Bertz CT molecular complexity index is 351. The van der Waals surface area contributed by atoms with Crippen molar-refractivity contribution in [1.29, 1.82) is 0 Å². The van der Waals surface area contributed by atoms with Crippen LogP contribution in [0.25, 0.3) is 0 Å². The molecule has 0 saturated heterocycles. The van der Waals surface area contributed by atoms with Crippen molar-refractivity contribution in [3.05, 3.63) is 23.9 Å². The van der Waals surface area contributed by atoms with E-state index in [0.717, 1.165) is 12.2 Å². The summed E-state index contributed by atoms with van der Waals surface area (Å²) in [6, 6.07) is 6.18. The largest absolute Gasteiger partial charge is 0.388 e. The van der Waals surface area contributed by atoms with E-state index < -0.39 is 0 Å². The predicted octanol–water partition coefficient (Wildman–Crippen LogP) is 1.95. The van der Waals surface area contributed by atoms with Gasteiger partial charge in [-0.25, -0.2) is 4.98 Å². The van der Waals surface area contributed by atoms with E-state index in [0.29, 0.717) is 16.7 Å². The van der Waals surface area contributed by atoms with Crippen molar-refractivity contribution in [1.82, 2.24) is 4.98 Å². The van der Waals surface area contributed by atoms with Gasteiger partial charge in [0.15, 0.2) is 0 Å². The van der Waals surface area contributed by atoms with Gasteiger partial charge in [0.2, 0.25) is 0 Å². The number of anilines is 1. The molecule has 1 heterocycles. The molecule has 3 nitrogen and oxygen atoms in total. The van der Waals surface area contributed by atoms with Crippen LogP contribution < -0.4 is 10.6 Å². The van der Waals surface area contributed by atoms with Crippen molar-refractivity contribution in [2.45, 2.75) is 26.3 Å². The lowest BCUT2D eigenvalue weighted by molar-refractivity contribution is 0.657. The molecule has 0 saturated carbocycles. The predicted molar refractivity (Wildman–Crippen MR) is 68.3 cm³/mol. The molecule has 0 amide bonds. The SMILES string of the molecule is CCC(C)N(C)c1cccc(C(N)=S)n1. The summed E-state index contributed by atoms with van der Waals surface area (Å²) in [4.78, 5) is 6.87. The van der Waals surface area contributed by atoms with Crippen molar-refractivity contribution in [2.75, 3.05) is 11.9 Å². The summed E-state index contributed by atoms with van der Waals surface area (Å²) in [6.07, 6.45) is 1.08. The zero-order valence-corrected chi connectivity index (χ0v) is 10.2. The second-order valence-corrected chi connectivity index (χ2v) is 4.05. The van der Waals surface area contributed by atoms with E-state index in [4.69, 9.17) is 18.0 Å². The number of hydrogen-bond acceptors (Lipinski definition) is 3. The Balaban J connectivity index is 2.94. The molecule has 0 aliphatic carbocycles. The Morgan fingerprint density at radius 1 is 1.60 bits per heavy atom. The van der Waals surface area contributed by atoms with Gasteiger partial charge in [0.05, 0.1) is 5.69 Å². The average Bonchev–Trinajstić information content (AvgIpc) is 2.27. The van der Waals surface area contributed by atoms with Gasteiger partial charge >= 0.3 is 0 Å². The quantitative estimate of drug-likeness (QED) is 0.792. The minimum atomic E-state index is 0.342. The van der Waals surface area contributed by atoms with Crippen molar-refractivity contribution in [3.63, 3.8) is 0 Å². The molecule has 15 heavy (non-hydrogen) atoms. The van der Waals surface area contributed by atoms with Crippen LogP contribution in [0.4, 0.5) is 5.82 Å². The molecular formula is C11H17N3S. The van der Waals surface area contributed by atoms with Crippen LogP contribution in [-0.2, 0) is 0 Å². The maximum absolute atomic E-state index is 5.54. The molecular weight excluding hydrogens is 206 g/mol. The highest BCUT2D eigenvalue weighted by Crippen LogP contribution is 2.14. The first-order valence-corrected chi connectivity index (χ1v) is 5.46. The van der Waals surface area contributed by atoms with Gasteiger partial charge in [-0.2, -0.15) is 0 Å². The van der Waals surface area contributed by atoms with Crippen molar-refractivity contribution in [3.8, 4) is 0 Å². The lowest BCUT2D eigenvalue weighted by atomic mass is 10.2. The van der Waals surface area contributed by atoms with Gasteiger partial charge in [0.1, 0.15) is 10.8 Å². The van der Waals surface area contributed by atoms with E-state index in [2.05, 4.69) is 23.7 Å². The molecule has 0 radical (unpaired) electrons. The van der Waals surface area contributed by atoms with Crippen LogP contribution in [0.3, 0.4) is 0 Å². The summed E-state index contributed by atoms with van der Waals surface area (Å²) < 4.78 is 0. The number of nitrogens with two attached hydrogens (primary N) is 1. The third kappa shape index (κ3) is 2.89. The Labute approximate surface area is 96.3 Å². The molecule has 1 rings (SSSR count). The van der Waals surface area contributed by atoms with E-state index in [1.807, 2.05) is 25.2 Å². The molecule has 1 unspecified atom stereocenters. The van der Waals surface area contributed by atoms with E-state index in [1.165, 1.54) is 0 Å². The van der Waals surface area contributed by atoms with Crippen molar-refractivity contribution < 1.29 is 0 Å². The maximum Gasteiger partial charge on any atom is 0.129 e. The molecule has 0 fully saturated rings. The minimum Gasteiger partial charge on any atom is -0.388 e. The van der Waals surface area contributed by atoms with Crippen LogP contribution in [0.5, 0.6) is 0 Å². The fourth-order valence-corrected chi connectivity index (χ4v) is 1.37. The molecule has 1 aromatic heterocycles. The molecule has 0 aliphatic rings. The van der Waals surface area contributed by atoms with Gasteiger partial charge in [0.25, 0.3) is 0 Å². The Hall–Kier alpha value is -1.16. The van der Waals surface area contributed by atoms with Gasteiger partial charge in [0, 0.05) is 13.1 Å². The van der Waals surface area contributed by atoms with Crippen LogP contribution in [0.1, 0.15) is 26.0 Å². The number of thiocarbonyl (C=S) groups is 1. The molecule has 0 bridgehead atoms. The van der Waals surface area contributed by atoms with Crippen molar-refractivity contribution >= 4 is 23.0 Å². The highest BCUT2D eigenvalue weighted by atomic mass is 32.1. The molecule has 4 heteroatoms. The molecule has 1 atom stereocenters. The number of pyridine rings is 1. The smallest absolute Gasteiger partial charge is 0.129 e. The molecule has 0 aliphatic heterocycles. The first-order valence-electron chi connectivity index (χ1n) is 5.06. The maximum atomic E-state index is 5.54. The first kappa shape index (κ1) is 11.9. The first-order chi connectivity index (χ1) is 7.06. The van der Waals surface area contributed by atoms with Gasteiger partial charge < -0.3 is 10.6 Å². The number of nitrogens with zero attached hydrogens (tertiary/aromatic N) is 2. The fraction of sp³-hybridized carbons (Fsp3) is 0.455. The second kappa shape index (κ2) is 5.07. The minimum absolute atomic E-state index is 0.342. The third-order valence-electron chi connectivity index (χ3n) is 2.60. The summed E-state index contributed by atoms with van der Waals surface area (Å²) in [6.45, 7) is 4.31. The number of aromatic nitrogens is 1. The average molecular weight is 223 g/mol. The summed E-state index contributed by atoms with van der Waals surface area (Å²) in [5.41, 5.74) is 6.22. The lowest BCUT2D eigenvalue weighted by Gasteiger charge is -2.25. The Morgan fingerprint density at radius 2 is 2.27 bits per heavy atom. The highest BCUT2D eigenvalue weighted by molar-refractivity contribution is 7.80. The topological polar surface area (TPSA) is 42.1 Å². The third-order valence-corrected chi connectivity index (χ3v) is 2.81. The van der Waals surface area contributed by atoms with Crippen molar-refractivity contribution in [2.24, 2.45) is 5.73 Å². The highest BCUT2D eigenvalue weighted by Gasteiger charge is 2.09. The van der Waals surface area contributed by atoms with E-state index >= 15 is 0 Å². The molecule has 1 aromatic rings. The van der Waals surface area contributed by atoms with Crippen LogP contribution in [0, 0.1) is 0 Å². The number of rotatable bonds is 4. The van der Waals surface area contributed by atoms with Crippen LogP contribution >= 0.6 is 12.2 Å². The fourth-order valence-electron chi connectivity index (χ4n) is 1.26. The summed E-state index contributed by atoms with van der Waals surface area (Å²) in [5, 5.41) is 0. The number of hydrogen-bond donors (Lipinski definition) is 1. The zero-order chi connectivity index (χ0) is 11.4. The molecule has 82 valence electrons. The normalized spacial score (nSPS) is 12.2. The summed E-state index contributed by atoms with van der Waals surface area (Å²) in [5.74, 6) is 0.912. The van der Waals surface area contributed by atoms with Gasteiger partial charge in [-0.05, 0) is 25.5 Å². The summed E-state index contributed by atoms with van der Waals surface area (Å²) >= 11 is 4.90. The van der Waals surface area contributed by atoms with E-state index in [1.54, 1.807) is 0 Å². The van der Waals surface area contributed by atoms with E-state index in [-0.39, 0.29) is 0 Å². The Kier molecular flexibility index (Phi) is 4.03. The van der Waals surface area contributed by atoms with Crippen LogP contribution in [0.2, 0.25) is 0 Å². The monoisotopic (exact) mass is 223 g/mol. The summed E-state index contributed by atoms with van der Waals surface area (Å²) in [7, 11) is 2.03. The molecule has 0 aromatic carbocycles. The van der Waals surface area contributed by atoms with Gasteiger partial charge in [-0.1, -0.05) is 25.2 Å². The Morgan fingerprint density at radius 3 is 2.80 bits per heavy atom.